The number of anilines is 1. The van der Waals surface area contributed by atoms with Crippen LogP contribution in [0.2, 0.25) is 0 Å². The molecule has 0 saturated carbocycles. The number of nitrogens with one attached hydrogen (secondary N) is 1. The Morgan fingerprint density at radius 1 is 0.947 bits per heavy atom. The third-order valence-electron chi connectivity index (χ3n) is 6.42. The number of amides is 5. The van der Waals surface area contributed by atoms with Crippen LogP contribution in [0.25, 0.3) is 0 Å². The van der Waals surface area contributed by atoms with E-state index in [1.54, 1.807) is 48.5 Å². The molecule has 0 unspecified atom stereocenters. The van der Waals surface area contributed by atoms with Crippen molar-refractivity contribution in [1.29, 1.82) is 0 Å². The molecule has 0 bridgehead atoms. The van der Waals surface area contributed by atoms with E-state index < -0.39 is 45.7 Å². The van der Waals surface area contributed by atoms with Gasteiger partial charge in [-0.15, -0.1) is 0 Å². The number of rotatable bonds is 6. The van der Waals surface area contributed by atoms with Gasteiger partial charge in [-0.05, 0) is 42.0 Å². The van der Waals surface area contributed by atoms with Gasteiger partial charge in [0.15, 0.2) is 0 Å². The quantitative estimate of drug-likeness (QED) is 0.441. The molecule has 2 aromatic carbocycles. The fourth-order valence-electron chi connectivity index (χ4n) is 4.66. The molecule has 0 aliphatic carbocycles. The number of benzene rings is 2. The van der Waals surface area contributed by atoms with Gasteiger partial charge in [0.2, 0.25) is 11.8 Å². The fourth-order valence-corrected chi connectivity index (χ4v) is 7.43. The number of hydrogen-bond acceptors (Lipinski definition) is 9. The maximum absolute atomic E-state index is 13.2. The van der Waals surface area contributed by atoms with Crippen molar-refractivity contribution in [1.82, 2.24) is 9.47 Å². The number of thiazole rings is 1. The van der Waals surface area contributed by atoms with Crippen LogP contribution in [0.1, 0.15) is 16.4 Å². The van der Waals surface area contributed by atoms with Crippen molar-refractivity contribution >= 4 is 52.5 Å². The molecule has 3 atom stereocenters. The van der Waals surface area contributed by atoms with Crippen LogP contribution in [0, 0.1) is 5.92 Å². The summed E-state index contributed by atoms with van der Waals surface area (Å²) in [6, 6.07) is 12.5. The molecule has 1 saturated heterocycles. The van der Waals surface area contributed by atoms with Crippen LogP contribution in [0.15, 0.2) is 58.4 Å². The summed E-state index contributed by atoms with van der Waals surface area (Å²) in [7, 11) is 3.06. The molecule has 3 heterocycles. The summed E-state index contributed by atoms with van der Waals surface area (Å²) in [4.78, 5) is 64.9. The summed E-state index contributed by atoms with van der Waals surface area (Å²) >= 11 is 1.91. The lowest BCUT2D eigenvalue weighted by Gasteiger charge is -2.30. The van der Waals surface area contributed by atoms with Crippen molar-refractivity contribution in [2.75, 3.05) is 19.5 Å². The van der Waals surface area contributed by atoms with Gasteiger partial charge in [0.25, 0.3) is 5.91 Å². The zero-order valence-electron chi connectivity index (χ0n) is 20.2. The Morgan fingerprint density at radius 3 is 2.13 bits per heavy atom. The van der Waals surface area contributed by atoms with Crippen molar-refractivity contribution < 1.29 is 28.7 Å². The number of hydrogen-bond donors (Lipinski definition) is 2. The number of primary amides is 1. The first-order valence-corrected chi connectivity index (χ1v) is 13.1. The number of likely N-dealkylation sites (tertiary alicyclic amines) is 1. The molecule has 0 radical (unpaired) electrons. The number of fused-ring (bicyclic) bond motifs is 2. The lowest BCUT2D eigenvalue weighted by Crippen LogP contribution is -2.41. The fraction of sp³-hybridized carbons (Fsp3) is 0.240. The summed E-state index contributed by atoms with van der Waals surface area (Å²) in [5, 5.41) is 2.16. The number of nitrogens with two attached hydrogens (primary N) is 1. The minimum atomic E-state index is -1.15. The van der Waals surface area contributed by atoms with Crippen molar-refractivity contribution in [3.63, 3.8) is 0 Å². The van der Waals surface area contributed by atoms with E-state index in [-0.39, 0.29) is 6.54 Å². The van der Waals surface area contributed by atoms with Gasteiger partial charge in [-0.1, -0.05) is 35.2 Å². The highest BCUT2D eigenvalue weighted by atomic mass is 32.2. The molecule has 5 rings (SSSR count). The largest absolute Gasteiger partial charge is 0.497 e. The van der Waals surface area contributed by atoms with Crippen molar-refractivity contribution in [3.8, 4) is 11.5 Å². The van der Waals surface area contributed by atoms with Crippen molar-refractivity contribution in [3.05, 3.63) is 68.6 Å². The minimum absolute atomic E-state index is 0.307. The lowest BCUT2D eigenvalue weighted by molar-refractivity contribution is -0.135. The second-order valence-corrected chi connectivity index (χ2v) is 10.7. The number of nitrogens with zero attached hydrogens (tertiary/aromatic N) is 2. The molecular formula is C25H22N4O7S2. The van der Waals surface area contributed by atoms with Crippen LogP contribution in [0.5, 0.6) is 11.5 Å². The predicted octanol–water partition coefficient (Wildman–Crippen LogP) is 2.24. The molecule has 2 aliphatic heterocycles. The standard InChI is InChI=1S/C25H22N4O7S2/c1-35-14-7-3-12(4-8-14)17-18-19(22(32)29(21(18)31)24(26)33)37-23-20(17)38-25(34)28(23)11-16(30)27-13-5-9-15(36-2)10-6-13/h3-10,17-19H,11H2,1-2H3,(H2,26,33)(H,27,30)/t17-,18+,19-/m0/s1. The summed E-state index contributed by atoms with van der Waals surface area (Å²) in [6.07, 6.45) is 0. The predicted molar refractivity (Wildman–Crippen MR) is 140 cm³/mol. The Hall–Kier alpha value is -4.10. The second kappa shape index (κ2) is 9.99. The van der Waals surface area contributed by atoms with E-state index in [4.69, 9.17) is 15.2 Å². The Morgan fingerprint density at radius 2 is 1.55 bits per heavy atom. The Labute approximate surface area is 224 Å². The van der Waals surface area contributed by atoms with E-state index in [0.717, 1.165) is 23.1 Å². The molecule has 38 heavy (non-hydrogen) atoms. The molecule has 5 amide bonds. The SMILES string of the molecule is COc1ccc(NC(=O)Cn2c3c(sc2=O)[C@@H](c2ccc(OC)cc2)[C@H]2C(=O)N(C(N)=O)C(=O)[C@H]2S3)cc1. The van der Waals surface area contributed by atoms with E-state index in [0.29, 0.717) is 37.6 Å². The zero-order chi connectivity index (χ0) is 27.1. The van der Waals surface area contributed by atoms with Crippen LogP contribution >= 0.6 is 23.1 Å². The van der Waals surface area contributed by atoms with Crippen LogP contribution in [-0.2, 0) is 20.9 Å². The topological polar surface area (TPSA) is 150 Å². The summed E-state index contributed by atoms with van der Waals surface area (Å²) in [5.74, 6) is -2.33. The molecule has 0 spiro atoms. The van der Waals surface area contributed by atoms with Crippen LogP contribution in [0.3, 0.4) is 0 Å². The van der Waals surface area contributed by atoms with Gasteiger partial charge in [0, 0.05) is 16.5 Å². The molecular weight excluding hydrogens is 532 g/mol. The van der Waals surface area contributed by atoms with Gasteiger partial charge < -0.3 is 20.5 Å². The van der Waals surface area contributed by atoms with Crippen molar-refractivity contribution in [2.24, 2.45) is 11.7 Å². The monoisotopic (exact) mass is 554 g/mol. The molecule has 2 aliphatic rings. The maximum atomic E-state index is 13.2. The highest BCUT2D eigenvalue weighted by Gasteiger charge is 2.57. The molecule has 3 N–H and O–H groups in total. The summed E-state index contributed by atoms with van der Waals surface area (Å²) in [5.41, 5.74) is 6.53. The number of urea groups is 1. The first-order chi connectivity index (χ1) is 18.2. The first-order valence-electron chi connectivity index (χ1n) is 11.4. The highest BCUT2D eigenvalue weighted by Crippen LogP contribution is 2.53. The molecule has 196 valence electrons. The van der Waals surface area contributed by atoms with Crippen LogP contribution < -0.4 is 25.4 Å². The van der Waals surface area contributed by atoms with E-state index in [9.17, 15) is 24.0 Å². The first kappa shape index (κ1) is 25.5. The number of thioether (sulfide) groups is 1. The number of carbonyl (C=O) groups excluding carboxylic acids is 4. The maximum Gasteiger partial charge on any atom is 0.328 e. The average molecular weight is 555 g/mol. The number of ether oxygens (including phenoxy) is 2. The van der Waals surface area contributed by atoms with Crippen LogP contribution in [-0.4, -0.2) is 52.7 Å². The third-order valence-corrected chi connectivity index (χ3v) is 9.02. The number of imide groups is 3. The molecule has 1 fully saturated rings. The second-order valence-electron chi connectivity index (χ2n) is 8.57. The molecule has 1 aromatic heterocycles. The lowest BCUT2D eigenvalue weighted by atomic mass is 9.83. The molecule has 13 heteroatoms. The Balaban J connectivity index is 1.53. The van der Waals surface area contributed by atoms with Crippen molar-refractivity contribution in [2.45, 2.75) is 22.7 Å². The minimum Gasteiger partial charge on any atom is -0.497 e. The third kappa shape index (κ3) is 4.33. The van der Waals surface area contributed by atoms with Gasteiger partial charge in [-0.3, -0.25) is 23.7 Å². The summed E-state index contributed by atoms with van der Waals surface area (Å²) < 4.78 is 11.6. The number of methoxy groups -OCH3 is 2. The van der Waals surface area contributed by atoms with E-state index in [1.165, 1.54) is 18.8 Å². The van der Waals surface area contributed by atoms with Gasteiger partial charge >= 0.3 is 10.9 Å². The van der Waals surface area contributed by atoms with E-state index in [2.05, 4.69) is 5.32 Å². The zero-order valence-corrected chi connectivity index (χ0v) is 21.8. The number of carbonyl (C=O) groups is 4. The number of aromatic nitrogens is 1. The normalized spacial score (nSPS) is 20.1. The van der Waals surface area contributed by atoms with Gasteiger partial charge in [-0.2, -0.15) is 4.90 Å². The van der Waals surface area contributed by atoms with Crippen LogP contribution in [0.4, 0.5) is 10.5 Å². The van der Waals surface area contributed by atoms with E-state index in [1.807, 2.05) is 0 Å². The van der Waals surface area contributed by atoms with Gasteiger partial charge in [0.1, 0.15) is 23.3 Å². The Kier molecular flexibility index (Phi) is 6.71. The molecule has 11 nitrogen and oxygen atoms in total. The van der Waals surface area contributed by atoms with Gasteiger partial charge in [0.05, 0.1) is 25.2 Å². The Bertz CT molecular complexity index is 1500. The van der Waals surface area contributed by atoms with Gasteiger partial charge in [-0.25, -0.2) is 4.79 Å². The molecule has 3 aromatic rings. The van der Waals surface area contributed by atoms with E-state index >= 15 is 0 Å². The highest BCUT2D eigenvalue weighted by molar-refractivity contribution is 8.00. The average Bonchev–Trinajstić information content (AvgIpc) is 3.35. The smallest absolute Gasteiger partial charge is 0.328 e. The summed E-state index contributed by atoms with van der Waals surface area (Å²) in [6.45, 7) is -0.307.